The number of rotatable bonds is 8. The molecule has 1 aliphatic carbocycles. The summed E-state index contributed by atoms with van der Waals surface area (Å²) >= 11 is 6.56. The third-order valence-electron chi connectivity index (χ3n) is 4.30. The topological polar surface area (TPSA) is 29.3 Å². The molecule has 0 amide bonds. The third kappa shape index (κ3) is 4.62. The van der Waals surface area contributed by atoms with Crippen molar-refractivity contribution in [3.63, 3.8) is 0 Å². The van der Waals surface area contributed by atoms with E-state index in [1.807, 2.05) is 6.07 Å². The molecule has 1 unspecified atom stereocenters. The predicted molar refractivity (Wildman–Crippen MR) is 93.2 cm³/mol. The zero-order valence-electron chi connectivity index (χ0n) is 13.6. The summed E-state index contributed by atoms with van der Waals surface area (Å²) in [6.45, 7) is 7.81. The second-order valence-electron chi connectivity index (χ2n) is 6.73. The number of anilines is 1. The van der Waals surface area contributed by atoms with E-state index >= 15 is 0 Å². The number of hydrogen-bond donors (Lipinski definition) is 1. The van der Waals surface area contributed by atoms with Crippen molar-refractivity contribution in [1.29, 1.82) is 0 Å². The fourth-order valence-electron chi connectivity index (χ4n) is 2.73. The van der Waals surface area contributed by atoms with Gasteiger partial charge in [0.1, 0.15) is 0 Å². The molecule has 2 nitrogen and oxygen atoms in total. The van der Waals surface area contributed by atoms with Crippen molar-refractivity contribution in [3.8, 4) is 0 Å². The molecule has 21 heavy (non-hydrogen) atoms. The minimum Gasteiger partial charge on any atom is -0.367 e. The summed E-state index contributed by atoms with van der Waals surface area (Å²) in [6, 6.07) is 7.16. The highest BCUT2D eigenvalue weighted by atomic mass is 35.5. The lowest BCUT2D eigenvalue weighted by molar-refractivity contribution is 0.568. The van der Waals surface area contributed by atoms with Gasteiger partial charge >= 0.3 is 0 Å². The lowest BCUT2D eigenvalue weighted by atomic mass is 10.0. The molecule has 118 valence electrons. The molecule has 0 aliphatic heterocycles. The van der Waals surface area contributed by atoms with Gasteiger partial charge in [0.2, 0.25) is 0 Å². The van der Waals surface area contributed by atoms with Gasteiger partial charge < -0.3 is 10.6 Å². The number of nitrogens with two attached hydrogens (primary N) is 1. The number of halogens is 1. The standard InChI is InChI=1S/C18H29ClN2/c1-4-15(20)12-14-6-5-7-17(19)18(14)21(16-8-9-16)11-10-13(2)3/h5-7,13,15-16H,4,8-12,20H2,1-3H3. The van der Waals surface area contributed by atoms with Crippen LogP contribution in [0.4, 0.5) is 5.69 Å². The summed E-state index contributed by atoms with van der Waals surface area (Å²) in [4.78, 5) is 2.54. The molecule has 1 aromatic rings. The quantitative estimate of drug-likeness (QED) is 0.758. The van der Waals surface area contributed by atoms with Gasteiger partial charge in [-0.15, -0.1) is 0 Å². The van der Waals surface area contributed by atoms with E-state index in [4.69, 9.17) is 17.3 Å². The van der Waals surface area contributed by atoms with E-state index in [1.165, 1.54) is 30.5 Å². The SMILES string of the molecule is CCC(N)Cc1cccc(Cl)c1N(CCC(C)C)C1CC1. The van der Waals surface area contributed by atoms with Gasteiger partial charge in [0.05, 0.1) is 10.7 Å². The largest absolute Gasteiger partial charge is 0.367 e. The van der Waals surface area contributed by atoms with E-state index in [9.17, 15) is 0 Å². The van der Waals surface area contributed by atoms with Crippen LogP contribution >= 0.6 is 11.6 Å². The van der Waals surface area contributed by atoms with E-state index in [0.29, 0.717) is 6.04 Å². The molecule has 1 aromatic carbocycles. The molecule has 1 saturated carbocycles. The summed E-state index contributed by atoms with van der Waals surface area (Å²) in [5.41, 5.74) is 8.73. The highest BCUT2D eigenvalue weighted by molar-refractivity contribution is 6.33. The molecule has 1 fully saturated rings. The van der Waals surface area contributed by atoms with Crippen molar-refractivity contribution in [2.75, 3.05) is 11.4 Å². The Balaban J connectivity index is 2.25. The van der Waals surface area contributed by atoms with E-state index in [0.717, 1.165) is 30.3 Å². The van der Waals surface area contributed by atoms with Crippen LogP contribution < -0.4 is 10.6 Å². The summed E-state index contributed by atoms with van der Waals surface area (Å²) in [5.74, 6) is 0.718. The lowest BCUT2D eigenvalue weighted by Gasteiger charge is -2.29. The molecule has 0 aromatic heterocycles. The van der Waals surface area contributed by atoms with E-state index in [2.05, 4.69) is 37.8 Å². The Morgan fingerprint density at radius 3 is 2.62 bits per heavy atom. The Morgan fingerprint density at radius 1 is 1.33 bits per heavy atom. The average molecular weight is 309 g/mol. The first-order chi connectivity index (χ1) is 10.0. The van der Waals surface area contributed by atoms with Crippen LogP contribution in [0.25, 0.3) is 0 Å². The molecule has 1 atom stereocenters. The second kappa shape index (κ2) is 7.51. The van der Waals surface area contributed by atoms with Crippen molar-refractivity contribution >= 4 is 17.3 Å². The van der Waals surface area contributed by atoms with Gasteiger partial charge in [0, 0.05) is 18.6 Å². The van der Waals surface area contributed by atoms with E-state index in [1.54, 1.807) is 0 Å². The van der Waals surface area contributed by atoms with E-state index < -0.39 is 0 Å². The molecule has 3 heteroatoms. The zero-order chi connectivity index (χ0) is 15.4. The first-order valence-corrected chi connectivity index (χ1v) is 8.70. The van der Waals surface area contributed by atoms with Crippen LogP contribution in [-0.4, -0.2) is 18.6 Å². The molecular formula is C18H29ClN2. The Bertz CT molecular complexity index is 455. The van der Waals surface area contributed by atoms with Gasteiger partial charge in [-0.25, -0.2) is 0 Å². The molecule has 2 N–H and O–H groups in total. The van der Waals surface area contributed by atoms with Crippen LogP contribution in [-0.2, 0) is 6.42 Å². The van der Waals surface area contributed by atoms with Crippen LogP contribution in [0.5, 0.6) is 0 Å². The van der Waals surface area contributed by atoms with Crippen LogP contribution in [0.15, 0.2) is 18.2 Å². The molecular weight excluding hydrogens is 280 g/mol. The average Bonchev–Trinajstić information content (AvgIpc) is 3.25. The highest BCUT2D eigenvalue weighted by Crippen LogP contribution is 2.38. The maximum absolute atomic E-state index is 6.56. The third-order valence-corrected chi connectivity index (χ3v) is 4.60. The van der Waals surface area contributed by atoms with Gasteiger partial charge in [0.25, 0.3) is 0 Å². The Hall–Kier alpha value is -0.730. The Kier molecular flexibility index (Phi) is 5.95. The smallest absolute Gasteiger partial charge is 0.0642 e. The summed E-state index contributed by atoms with van der Waals surface area (Å²) < 4.78 is 0. The summed E-state index contributed by atoms with van der Waals surface area (Å²) in [6.07, 6.45) is 5.71. The zero-order valence-corrected chi connectivity index (χ0v) is 14.4. The fraction of sp³-hybridized carbons (Fsp3) is 0.667. The molecule has 0 spiro atoms. The van der Waals surface area contributed by atoms with Crippen molar-refractivity contribution in [2.45, 2.75) is 65.0 Å². The molecule has 0 radical (unpaired) electrons. The Labute approximate surface area is 134 Å². The van der Waals surface area contributed by atoms with Gasteiger partial charge in [-0.2, -0.15) is 0 Å². The Morgan fingerprint density at radius 2 is 2.05 bits per heavy atom. The maximum Gasteiger partial charge on any atom is 0.0642 e. The monoisotopic (exact) mass is 308 g/mol. The first kappa shape index (κ1) is 16.6. The molecule has 0 bridgehead atoms. The predicted octanol–water partition coefficient (Wildman–Crippen LogP) is 4.63. The van der Waals surface area contributed by atoms with Crippen LogP contribution in [0.2, 0.25) is 5.02 Å². The molecule has 0 heterocycles. The number of hydrogen-bond acceptors (Lipinski definition) is 2. The van der Waals surface area contributed by atoms with Crippen LogP contribution in [0, 0.1) is 5.92 Å². The van der Waals surface area contributed by atoms with E-state index in [-0.39, 0.29) is 6.04 Å². The molecule has 2 rings (SSSR count). The number of benzene rings is 1. The van der Waals surface area contributed by atoms with Gasteiger partial charge in [0.15, 0.2) is 0 Å². The summed E-state index contributed by atoms with van der Waals surface area (Å²) in [7, 11) is 0. The first-order valence-electron chi connectivity index (χ1n) is 8.32. The normalized spacial score (nSPS) is 16.3. The minimum atomic E-state index is 0.216. The molecule has 0 saturated heterocycles. The van der Waals surface area contributed by atoms with Crippen molar-refractivity contribution < 1.29 is 0 Å². The second-order valence-corrected chi connectivity index (χ2v) is 7.13. The minimum absolute atomic E-state index is 0.216. The van der Waals surface area contributed by atoms with Crippen LogP contribution in [0.1, 0.15) is 52.0 Å². The van der Waals surface area contributed by atoms with Gasteiger partial charge in [-0.05, 0) is 49.7 Å². The van der Waals surface area contributed by atoms with Crippen LogP contribution in [0.3, 0.4) is 0 Å². The number of para-hydroxylation sites is 1. The summed E-state index contributed by atoms with van der Waals surface area (Å²) in [5, 5.41) is 0.881. The van der Waals surface area contributed by atoms with Crippen molar-refractivity contribution in [3.05, 3.63) is 28.8 Å². The maximum atomic E-state index is 6.56. The van der Waals surface area contributed by atoms with Crippen molar-refractivity contribution in [1.82, 2.24) is 0 Å². The van der Waals surface area contributed by atoms with Crippen molar-refractivity contribution in [2.24, 2.45) is 11.7 Å². The number of nitrogens with zero attached hydrogens (tertiary/aromatic N) is 1. The van der Waals surface area contributed by atoms with Gasteiger partial charge in [-0.3, -0.25) is 0 Å². The van der Waals surface area contributed by atoms with Gasteiger partial charge in [-0.1, -0.05) is 44.5 Å². The molecule has 1 aliphatic rings. The highest BCUT2D eigenvalue weighted by Gasteiger charge is 2.31. The lowest BCUT2D eigenvalue weighted by Crippen LogP contribution is -2.30. The fourth-order valence-corrected chi connectivity index (χ4v) is 3.04.